The molecule has 0 aromatic rings. The van der Waals surface area contributed by atoms with Crippen LogP contribution >= 0.6 is 0 Å². The number of Topliss-reactive ketones (excluding diaryl/α,β-unsaturated/α-hetero) is 1. The maximum atomic E-state index is 11.1. The average molecular weight is 170 g/mol. The Morgan fingerprint density at radius 1 is 1.75 bits per heavy atom. The van der Waals surface area contributed by atoms with Crippen molar-refractivity contribution >= 4 is 11.8 Å². The second kappa shape index (κ2) is 3.38. The van der Waals surface area contributed by atoms with E-state index < -0.39 is 12.1 Å². The van der Waals surface area contributed by atoms with Crippen molar-refractivity contribution in [2.75, 3.05) is 6.61 Å². The second-order valence-corrected chi connectivity index (χ2v) is 2.39. The molecule has 0 radical (unpaired) electrons. The van der Waals surface area contributed by atoms with Crippen LogP contribution < -0.4 is 0 Å². The van der Waals surface area contributed by atoms with Gasteiger partial charge in [-0.1, -0.05) is 0 Å². The molecule has 0 spiro atoms. The van der Waals surface area contributed by atoms with Crippen molar-refractivity contribution in [3.63, 3.8) is 0 Å². The summed E-state index contributed by atoms with van der Waals surface area (Å²) < 4.78 is 9.47. The number of hydrogen-bond donors (Lipinski definition) is 0. The summed E-state index contributed by atoms with van der Waals surface area (Å²) in [4.78, 5) is 22.1. The van der Waals surface area contributed by atoms with E-state index in [0.717, 1.165) is 6.26 Å². The summed E-state index contributed by atoms with van der Waals surface area (Å²) in [6.07, 6.45) is 0.606. The van der Waals surface area contributed by atoms with E-state index in [-0.39, 0.29) is 18.0 Å². The van der Waals surface area contributed by atoms with E-state index in [1.807, 2.05) is 0 Å². The third-order valence-corrected chi connectivity index (χ3v) is 1.52. The first-order valence-electron chi connectivity index (χ1n) is 3.73. The molecule has 12 heavy (non-hydrogen) atoms. The molecule has 0 saturated heterocycles. The summed E-state index contributed by atoms with van der Waals surface area (Å²) in [6.45, 7) is 3.53. The van der Waals surface area contributed by atoms with Gasteiger partial charge in [0.1, 0.15) is 11.8 Å². The Balaban J connectivity index is 2.65. The molecule has 0 amide bonds. The first-order chi connectivity index (χ1) is 5.66. The van der Waals surface area contributed by atoms with E-state index in [0.29, 0.717) is 0 Å². The Kier molecular flexibility index (Phi) is 2.47. The van der Waals surface area contributed by atoms with Crippen LogP contribution in [0.25, 0.3) is 0 Å². The van der Waals surface area contributed by atoms with Crippen LogP contribution in [0, 0.1) is 0 Å². The van der Waals surface area contributed by atoms with Crippen molar-refractivity contribution in [2.45, 2.75) is 20.0 Å². The van der Waals surface area contributed by atoms with Gasteiger partial charge in [0.05, 0.1) is 6.61 Å². The molecule has 66 valence electrons. The first-order valence-corrected chi connectivity index (χ1v) is 3.73. The Bertz CT molecular complexity index is 241. The number of rotatable bonds is 2. The van der Waals surface area contributed by atoms with E-state index in [2.05, 4.69) is 4.74 Å². The predicted octanol–water partition coefficient (Wildman–Crippen LogP) is 0.421. The Morgan fingerprint density at radius 3 is 2.83 bits per heavy atom. The molecule has 4 nitrogen and oxygen atoms in total. The van der Waals surface area contributed by atoms with Crippen LogP contribution in [-0.2, 0) is 19.1 Å². The van der Waals surface area contributed by atoms with E-state index in [1.54, 1.807) is 13.8 Å². The van der Waals surface area contributed by atoms with Gasteiger partial charge in [-0.2, -0.15) is 0 Å². The van der Waals surface area contributed by atoms with Crippen molar-refractivity contribution in [1.29, 1.82) is 0 Å². The predicted molar refractivity (Wildman–Crippen MR) is 40.3 cm³/mol. The molecule has 1 atom stereocenters. The molecule has 1 heterocycles. The van der Waals surface area contributed by atoms with Crippen LogP contribution in [-0.4, -0.2) is 24.5 Å². The zero-order valence-corrected chi connectivity index (χ0v) is 6.99. The molecular weight excluding hydrogens is 160 g/mol. The van der Waals surface area contributed by atoms with E-state index in [4.69, 9.17) is 4.74 Å². The second-order valence-electron chi connectivity index (χ2n) is 2.39. The van der Waals surface area contributed by atoms with E-state index in [1.165, 1.54) is 0 Å². The number of carbonyl (C=O) groups is 2. The summed E-state index contributed by atoms with van der Waals surface area (Å²) in [5.41, 5.74) is 0.00403. The van der Waals surface area contributed by atoms with Crippen LogP contribution in [0.2, 0.25) is 0 Å². The number of carbonyl (C=O) groups excluding carboxylic acids is 2. The molecule has 4 heteroatoms. The third-order valence-electron chi connectivity index (χ3n) is 1.52. The summed E-state index contributed by atoms with van der Waals surface area (Å²) in [5.74, 6) is -0.916. The number of ketones is 1. The van der Waals surface area contributed by atoms with Gasteiger partial charge >= 0.3 is 5.97 Å². The SMILES string of the molecule is CCOC(=O)C1=COC(C)C1=O. The van der Waals surface area contributed by atoms with Crippen LogP contribution in [0.15, 0.2) is 11.8 Å². The maximum Gasteiger partial charge on any atom is 0.345 e. The summed E-state index contributed by atoms with van der Waals surface area (Å²) >= 11 is 0. The molecule has 0 aromatic heterocycles. The molecule has 1 rings (SSSR count). The van der Waals surface area contributed by atoms with Gasteiger partial charge in [-0.25, -0.2) is 4.79 Å². The molecule has 0 aromatic carbocycles. The topological polar surface area (TPSA) is 52.6 Å². The zero-order chi connectivity index (χ0) is 9.14. The highest BCUT2D eigenvalue weighted by Gasteiger charge is 2.30. The van der Waals surface area contributed by atoms with Gasteiger partial charge in [0, 0.05) is 0 Å². The highest BCUT2D eigenvalue weighted by atomic mass is 16.5. The van der Waals surface area contributed by atoms with Gasteiger partial charge < -0.3 is 9.47 Å². The van der Waals surface area contributed by atoms with E-state index >= 15 is 0 Å². The fourth-order valence-corrected chi connectivity index (χ4v) is 0.867. The fourth-order valence-electron chi connectivity index (χ4n) is 0.867. The lowest BCUT2D eigenvalue weighted by Crippen LogP contribution is -2.19. The number of esters is 1. The largest absolute Gasteiger partial charge is 0.489 e. The molecule has 0 fully saturated rings. The highest BCUT2D eigenvalue weighted by Crippen LogP contribution is 2.14. The summed E-state index contributed by atoms with van der Waals surface area (Å²) in [6, 6.07) is 0. The Morgan fingerprint density at radius 2 is 2.42 bits per heavy atom. The smallest absolute Gasteiger partial charge is 0.345 e. The molecular formula is C8H10O4. The summed E-state index contributed by atoms with van der Waals surface area (Å²) in [5, 5.41) is 0. The Labute approximate surface area is 70.1 Å². The maximum absolute atomic E-state index is 11.1. The lowest BCUT2D eigenvalue weighted by atomic mass is 10.1. The van der Waals surface area contributed by atoms with Crippen LogP contribution in [0.5, 0.6) is 0 Å². The fraction of sp³-hybridized carbons (Fsp3) is 0.500. The Hall–Kier alpha value is -1.32. The minimum absolute atomic E-state index is 0.00403. The minimum Gasteiger partial charge on any atom is -0.489 e. The summed E-state index contributed by atoms with van der Waals surface area (Å²) in [7, 11) is 0. The molecule has 1 aliphatic heterocycles. The monoisotopic (exact) mass is 170 g/mol. The first kappa shape index (κ1) is 8.77. The average Bonchev–Trinajstić information content (AvgIpc) is 2.34. The normalized spacial score (nSPS) is 21.7. The van der Waals surface area contributed by atoms with Crippen molar-refractivity contribution in [3.05, 3.63) is 11.8 Å². The van der Waals surface area contributed by atoms with Gasteiger partial charge in [0.15, 0.2) is 6.10 Å². The lowest BCUT2D eigenvalue weighted by molar-refractivity contribution is -0.140. The molecule has 0 saturated carbocycles. The van der Waals surface area contributed by atoms with Crippen LogP contribution in [0.3, 0.4) is 0 Å². The number of hydrogen-bond acceptors (Lipinski definition) is 4. The van der Waals surface area contributed by atoms with Crippen molar-refractivity contribution < 1.29 is 19.1 Å². The third kappa shape index (κ3) is 1.47. The van der Waals surface area contributed by atoms with Crippen LogP contribution in [0.1, 0.15) is 13.8 Å². The minimum atomic E-state index is -0.605. The van der Waals surface area contributed by atoms with Crippen molar-refractivity contribution in [1.82, 2.24) is 0 Å². The van der Waals surface area contributed by atoms with Gasteiger partial charge in [0.2, 0.25) is 5.78 Å². The number of ether oxygens (including phenoxy) is 2. The molecule has 0 N–H and O–H groups in total. The molecule has 0 bridgehead atoms. The quantitative estimate of drug-likeness (QED) is 0.445. The van der Waals surface area contributed by atoms with Gasteiger partial charge in [-0.15, -0.1) is 0 Å². The zero-order valence-electron chi connectivity index (χ0n) is 6.99. The van der Waals surface area contributed by atoms with Crippen molar-refractivity contribution in [2.24, 2.45) is 0 Å². The van der Waals surface area contributed by atoms with Gasteiger partial charge in [0.25, 0.3) is 0 Å². The highest BCUT2D eigenvalue weighted by molar-refractivity contribution is 6.19. The van der Waals surface area contributed by atoms with Crippen LogP contribution in [0.4, 0.5) is 0 Å². The van der Waals surface area contributed by atoms with Crippen molar-refractivity contribution in [3.8, 4) is 0 Å². The van der Waals surface area contributed by atoms with E-state index in [9.17, 15) is 9.59 Å². The molecule has 0 aliphatic carbocycles. The van der Waals surface area contributed by atoms with Gasteiger partial charge in [-0.3, -0.25) is 4.79 Å². The molecule has 1 unspecified atom stereocenters. The standard InChI is InChI=1S/C8H10O4/c1-3-11-8(10)6-4-12-5(2)7(6)9/h4-5H,3H2,1-2H3. The lowest BCUT2D eigenvalue weighted by Gasteiger charge is -2.00. The van der Waals surface area contributed by atoms with Gasteiger partial charge in [-0.05, 0) is 13.8 Å². The molecule has 1 aliphatic rings.